The van der Waals surface area contributed by atoms with Crippen molar-refractivity contribution in [2.75, 3.05) is 0 Å². The monoisotopic (exact) mass is 325 g/mol. The van der Waals surface area contributed by atoms with Gasteiger partial charge in [-0.15, -0.1) is 5.10 Å². The molecule has 0 spiro atoms. The first kappa shape index (κ1) is 15.3. The average molecular weight is 325 g/mol. The Morgan fingerprint density at radius 3 is 2.48 bits per heavy atom. The Balaban J connectivity index is 1.92. The Morgan fingerprint density at radius 1 is 1.17 bits per heavy atom. The highest BCUT2D eigenvalue weighted by atomic mass is 32.1. The zero-order valence-electron chi connectivity index (χ0n) is 12.8. The van der Waals surface area contributed by atoms with Crippen LogP contribution in [0.1, 0.15) is 28.9 Å². The lowest BCUT2D eigenvalue weighted by atomic mass is 10.0. The largest absolute Gasteiger partial charge is 0.409 e. The van der Waals surface area contributed by atoms with Crippen LogP contribution in [-0.2, 0) is 0 Å². The van der Waals surface area contributed by atoms with Crippen molar-refractivity contribution in [3.05, 3.63) is 64.8 Å². The standard InChI is InChI=1S/C17H15N3O2S/c1-11-3-5-13(6-4-11)15(21)12(2)20-17(23)22-16(19-20)14-7-9-18-10-8-14/h3-10,12H,1-2H3. The van der Waals surface area contributed by atoms with Crippen LogP contribution >= 0.6 is 12.2 Å². The third-order valence-corrected chi connectivity index (χ3v) is 3.85. The predicted octanol–water partition coefficient (Wildman–Crippen LogP) is 4.02. The second kappa shape index (κ2) is 6.26. The van der Waals surface area contributed by atoms with Crippen LogP contribution in [0.3, 0.4) is 0 Å². The van der Waals surface area contributed by atoms with Gasteiger partial charge in [0.2, 0.25) is 5.89 Å². The molecular weight excluding hydrogens is 310 g/mol. The molecule has 1 unspecified atom stereocenters. The first-order valence-corrected chi connectivity index (χ1v) is 7.58. The van der Waals surface area contributed by atoms with E-state index >= 15 is 0 Å². The van der Waals surface area contributed by atoms with Crippen molar-refractivity contribution >= 4 is 18.0 Å². The van der Waals surface area contributed by atoms with Crippen LogP contribution in [0.15, 0.2) is 53.2 Å². The number of carbonyl (C=O) groups excluding carboxylic acids is 1. The van der Waals surface area contributed by atoms with Crippen molar-refractivity contribution in [3.8, 4) is 11.5 Å². The Hall–Kier alpha value is -2.60. The number of hydrogen-bond donors (Lipinski definition) is 0. The van der Waals surface area contributed by atoms with Gasteiger partial charge in [-0.1, -0.05) is 29.8 Å². The fourth-order valence-electron chi connectivity index (χ4n) is 2.21. The highest BCUT2D eigenvalue weighted by Crippen LogP contribution is 2.21. The van der Waals surface area contributed by atoms with Gasteiger partial charge in [0.05, 0.1) is 0 Å². The number of hydrogen-bond acceptors (Lipinski definition) is 5. The van der Waals surface area contributed by atoms with E-state index in [9.17, 15) is 4.79 Å². The number of benzene rings is 1. The molecule has 6 heteroatoms. The number of rotatable bonds is 4. The Morgan fingerprint density at radius 2 is 1.83 bits per heavy atom. The van der Waals surface area contributed by atoms with E-state index in [-0.39, 0.29) is 10.6 Å². The van der Waals surface area contributed by atoms with Crippen LogP contribution in [0.4, 0.5) is 0 Å². The number of pyridine rings is 1. The summed E-state index contributed by atoms with van der Waals surface area (Å²) >= 11 is 5.21. The molecule has 2 heterocycles. The van der Waals surface area contributed by atoms with Crippen LogP contribution in [-0.4, -0.2) is 20.5 Å². The molecule has 0 saturated heterocycles. The maximum Gasteiger partial charge on any atom is 0.287 e. The predicted molar refractivity (Wildman–Crippen MR) is 88.8 cm³/mol. The van der Waals surface area contributed by atoms with Gasteiger partial charge in [-0.3, -0.25) is 9.78 Å². The molecule has 0 aliphatic carbocycles. The number of aryl methyl sites for hydroxylation is 1. The zero-order chi connectivity index (χ0) is 16.4. The molecule has 116 valence electrons. The average Bonchev–Trinajstić information content (AvgIpc) is 2.97. The summed E-state index contributed by atoms with van der Waals surface area (Å²) in [7, 11) is 0. The van der Waals surface area contributed by atoms with Gasteiger partial charge in [-0.25, -0.2) is 4.68 Å². The van der Waals surface area contributed by atoms with Gasteiger partial charge in [0, 0.05) is 23.5 Å². The van der Waals surface area contributed by atoms with Crippen molar-refractivity contribution in [1.29, 1.82) is 0 Å². The first-order valence-electron chi connectivity index (χ1n) is 7.17. The van der Waals surface area contributed by atoms with Gasteiger partial charge in [0.1, 0.15) is 6.04 Å². The van der Waals surface area contributed by atoms with E-state index in [1.807, 2.05) is 31.2 Å². The molecule has 0 aliphatic heterocycles. The minimum Gasteiger partial charge on any atom is -0.409 e. The fraction of sp³-hybridized carbons (Fsp3) is 0.176. The summed E-state index contributed by atoms with van der Waals surface area (Å²) in [6.07, 6.45) is 3.29. The van der Waals surface area contributed by atoms with Gasteiger partial charge < -0.3 is 4.42 Å². The Labute approximate surface area is 138 Å². The van der Waals surface area contributed by atoms with Gasteiger partial charge in [-0.2, -0.15) is 0 Å². The van der Waals surface area contributed by atoms with Gasteiger partial charge >= 0.3 is 0 Å². The molecule has 23 heavy (non-hydrogen) atoms. The smallest absolute Gasteiger partial charge is 0.287 e. The molecule has 0 aliphatic rings. The third kappa shape index (κ3) is 3.12. The summed E-state index contributed by atoms with van der Waals surface area (Å²) in [5.74, 6) is 0.316. The number of nitrogens with zero attached hydrogens (tertiary/aromatic N) is 3. The highest BCUT2D eigenvalue weighted by Gasteiger charge is 2.21. The lowest BCUT2D eigenvalue weighted by Crippen LogP contribution is -2.18. The van der Waals surface area contributed by atoms with Crippen LogP contribution in [0.2, 0.25) is 0 Å². The van der Waals surface area contributed by atoms with Crippen molar-refractivity contribution in [2.24, 2.45) is 0 Å². The summed E-state index contributed by atoms with van der Waals surface area (Å²) in [5.41, 5.74) is 2.49. The molecule has 1 aromatic carbocycles. The molecule has 0 N–H and O–H groups in total. The normalized spacial score (nSPS) is 12.1. The molecule has 0 fully saturated rings. The Kier molecular flexibility index (Phi) is 4.16. The fourth-order valence-corrected chi connectivity index (χ4v) is 2.49. The van der Waals surface area contributed by atoms with E-state index < -0.39 is 6.04 Å². The minimum absolute atomic E-state index is 0.0596. The molecule has 0 saturated carbocycles. The van der Waals surface area contributed by atoms with Gasteiger partial charge in [0.15, 0.2) is 5.78 Å². The molecule has 1 atom stereocenters. The SMILES string of the molecule is Cc1ccc(C(=O)C(C)n2nc(-c3ccncc3)oc2=S)cc1. The third-order valence-electron chi connectivity index (χ3n) is 3.58. The zero-order valence-corrected chi connectivity index (χ0v) is 13.6. The quantitative estimate of drug-likeness (QED) is 0.535. The van der Waals surface area contributed by atoms with E-state index in [2.05, 4.69) is 10.1 Å². The summed E-state index contributed by atoms with van der Waals surface area (Å²) < 4.78 is 6.95. The second-order valence-corrected chi connectivity index (χ2v) is 5.61. The Bertz CT molecular complexity index is 882. The van der Waals surface area contributed by atoms with Crippen LogP contribution < -0.4 is 0 Å². The van der Waals surface area contributed by atoms with Crippen LogP contribution in [0.25, 0.3) is 11.5 Å². The second-order valence-electron chi connectivity index (χ2n) is 5.26. The lowest BCUT2D eigenvalue weighted by molar-refractivity contribution is 0.0925. The molecular formula is C17H15N3O2S. The van der Waals surface area contributed by atoms with Gasteiger partial charge in [0.25, 0.3) is 4.84 Å². The van der Waals surface area contributed by atoms with E-state index in [1.165, 1.54) is 4.68 Å². The number of ketones is 1. The summed E-state index contributed by atoms with van der Waals surface area (Å²) in [4.78, 5) is 16.7. The van der Waals surface area contributed by atoms with Crippen molar-refractivity contribution in [1.82, 2.24) is 14.8 Å². The molecule has 0 radical (unpaired) electrons. The summed E-state index contributed by atoms with van der Waals surface area (Å²) in [5, 5.41) is 4.34. The maximum absolute atomic E-state index is 12.6. The van der Waals surface area contributed by atoms with Crippen molar-refractivity contribution in [3.63, 3.8) is 0 Å². The van der Waals surface area contributed by atoms with E-state index in [0.717, 1.165) is 11.1 Å². The molecule has 3 aromatic rings. The van der Waals surface area contributed by atoms with Gasteiger partial charge in [-0.05, 0) is 38.2 Å². The lowest BCUT2D eigenvalue weighted by Gasteiger charge is -2.09. The first-order chi connectivity index (χ1) is 11.1. The topological polar surface area (TPSA) is 60.9 Å². The number of carbonyl (C=O) groups is 1. The molecule has 0 bridgehead atoms. The number of Topliss-reactive ketones (excluding diaryl/α,β-unsaturated/α-hetero) is 1. The van der Waals surface area contributed by atoms with Crippen molar-refractivity contribution in [2.45, 2.75) is 19.9 Å². The summed E-state index contributed by atoms with van der Waals surface area (Å²) in [6.45, 7) is 3.74. The van der Waals surface area contributed by atoms with Crippen molar-refractivity contribution < 1.29 is 9.21 Å². The minimum atomic E-state index is -0.537. The molecule has 2 aromatic heterocycles. The summed E-state index contributed by atoms with van der Waals surface area (Å²) in [6, 6.07) is 10.4. The van der Waals surface area contributed by atoms with E-state index in [1.54, 1.807) is 31.5 Å². The van der Waals surface area contributed by atoms with E-state index in [0.29, 0.717) is 11.5 Å². The van der Waals surface area contributed by atoms with E-state index in [4.69, 9.17) is 16.6 Å². The highest BCUT2D eigenvalue weighted by molar-refractivity contribution is 7.71. The van der Waals surface area contributed by atoms with Crippen LogP contribution in [0.5, 0.6) is 0 Å². The maximum atomic E-state index is 12.6. The number of aromatic nitrogens is 3. The molecule has 0 amide bonds. The molecule has 5 nitrogen and oxygen atoms in total. The van der Waals surface area contributed by atoms with Crippen LogP contribution in [0, 0.1) is 11.8 Å². The molecule has 3 rings (SSSR count).